The number of ether oxygens (including phenoxy) is 1. The third-order valence-corrected chi connectivity index (χ3v) is 6.96. The standard InChI is InChI=1S/C31H25N3O4S/c1-20-18-23(21(2)32(20)26-16-14-22(15-17-26)30(37)38-3)19-27-28(35)33(24-10-6-4-7-11-24)31(39)34(29(27)36)25-12-8-5-9-13-25/h4-19H,1-3H3. The van der Waals surface area contributed by atoms with Crippen LogP contribution in [0.2, 0.25) is 0 Å². The third-order valence-electron chi connectivity index (χ3n) is 6.60. The maximum Gasteiger partial charge on any atom is 0.337 e. The molecule has 39 heavy (non-hydrogen) atoms. The summed E-state index contributed by atoms with van der Waals surface area (Å²) in [5, 5.41) is 0.0933. The SMILES string of the molecule is COC(=O)c1ccc(-n2c(C)cc(C=C3C(=O)N(c4ccccc4)C(=S)N(c4ccccc4)C3=O)c2C)cc1. The Balaban J connectivity index is 1.60. The molecule has 0 spiro atoms. The minimum atomic E-state index is -0.490. The second kappa shape index (κ2) is 10.5. The van der Waals surface area contributed by atoms with E-state index in [1.807, 2.05) is 73.0 Å². The van der Waals surface area contributed by atoms with Gasteiger partial charge in [-0.15, -0.1) is 0 Å². The van der Waals surface area contributed by atoms with Crippen LogP contribution in [0.1, 0.15) is 27.3 Å². The number of hydrogen-bond acceptors (Lipinski definition) is 5. The van der Waals surface area contributed by atoms with Crippen LogP contribution in [0.25, 0.3) is 11.8 Å². The minimum absolute atomic E-state index is 0.00223. The summed E-state index contributed by atoms with van der Waals surface area (Å²) in [6.45, 7) is 3.86. The molecule has 1 aliphatic heterocycles. The zero-order valence-electron chi connectivity index (χ0n) is 21.6. The monoisotopic (exact) mass is 535 g/mol. The summed E-state index contributed by atoms with van der Waals surface area (Å²) in [5.74, 6) is -1.39. The van der Waals surface area contributed by atoms with E-state index in [1.54, 1.807) is 42.5 Å². The van der Waals surface area contributed by atoms with Crippen molar-refractivity contribution in [1.82, 2.24) is 4.57 Å². The summed E-state index contributed by atoms with van der Waals surface area (Å²) in [6.07, 6.45) is 1.62. The van der Waals surface area contributed by atoms with Crippen molar-refractivity contribution in [2.45, 2.75) is 13.8 Å². The highest BCUT2D eigenvalue weighted by atomic mass is 32.1. The summed E-state index contributed by atoms with van der Waals surface area (Å²) in [4.78, 5) is 42.2. The summed E-state index contributed by atoms with van der Waals surface area (Å²) >= 11 is 5.68. The minimum Gasteiger partial charge on any atom is -0.465 e. The molecule has 0 atom stereocenters. The molecule has 5 rings (SSSR count). The van der Waals surface area contributed by atoms with E-state index < -0.39 is 17.8 Å². The molecule has 1 aromatic heterocycles. The Labute approximate surface area is 231 Å². The predicted octanol–water partition coefficient (Wildman–Crippen LogP) is 5.63. The molecule has 194 valence electrons. The van der Waals surface area contributed by atoms with Crippen LogP contribution in [-0.2, 0) is 14.3 Å². The number of carbonyl (C=O) groups is 3. The second-order valence-electron chi connectivity index (χ2n) is 8.99. The largest absolute Gasteiger partial charge is 0.465 e. The molecule has 0 aliphatic carbocycles. The molecule has 0 N–H and O–H groups in total. The number of anilines is 2. The lowest BCUT2D eigenvalue weighted by molar-refractivity contribution is -0.120. The first-order valence-electron chi connectivity index (χ1n) is 12.2. The van der Waals surface area contributed by atoms with E-state index in [2.05, 4.69) is 0 Å². The van der Waals surface area contributed by atoms with Crippen molar-refractivity contribution in [3.63, 3.8) is 0 Å². The second-order valence-corrected chi connectivity index (χ2v) is 9.36. The van der Waals surface area contributed by atoms with E-state index in [9.17, 15) is 14.4 Å². The molecule has 0 bridgehead atoms. The van der Waals surface area contributed by atoms with Crippen LogP contribution >= 0.6 is 12.2 Å². The molecule has 3 aromatic carbocycles. The zero-order valence-corrected chi connectivity index (χ0v) is 22.4. The molecule has 4 aromatic rings. The van der Waals surface area contributed by atoms with E-state index >= 15 is 0 Å². The maximum absolute atomic E-state index is 13.8. The Morgan fingerprint density at radius 2 is 1.28 bits per heavy atom. The first-order valence-corrected chi connectivity index (χ1v) is 12.6. The van der Waals surface area contributed by atoms with Gasteiger partial charge in [-0.2, -0.15) is 0 Å². The van der Waals surface area contributed by atoms with Gasteiger partial charge in [0.05, 0.1) is 24.0 Å². The van der Waals surface area contributed by atoms with Crippen LogP contribution in [0, 0.1) is 13.8 Å². The number of amides is 2. The number of para-hydroxylation sites is 2. The van der Waals surface area contributed by atoms with E-state index in [1.165, 1.54) is 16.9 Å². The van der Waals surface area contributed by atoms with Crippen molar-refractivity contribution in [3.05, 3.63) is 119 Å². The van der Waals surface area contributed by atoms with E-state index in [4.69, 9.17) is 17.0 Å². The molecule has 0 radical (unpaired) electrons. The van der Waals surface area contributed by atoms with Gasteiger partial charge < -0.3 is 9.30 Å². The molecule has 0 unspecified atom stereocenters. The van der Waals surface area contributed by atoms with Gasteiger partial charge in [-0.05, 0) is 92.3 Å². The lowest BCUT2D eigenvalue weighted by Gasteiger charge is -2.36. The first kappa shape index (κ1) is 25.8. The van der Waals surface area contributed by atoms with Crippen molar-refractivity contribution < 1.29 is 19.1 Å². The van der Waals surface area contributed by atoms with Crippen LogP contribution < -0.4 is 9.80 Å². The van der Waals surface area contributed by atoms with Crippen molar-refractivity contribution in [2.75, 3.05) is 16.9 Å². The van der Waals surface area contributed by atoms with E-state index in [0.29, 0.717) is 16.9 Å². The van der Waals surface area contributed by atoms with Gasteiger partial charge in [0.1, 0.15) is 5.57 Å². The van der Waals surface area contributed by atoms with Gasteiger partial charge in [-0.1, -0.05) is 36.4 Å². The molecular weight excluding hydrogens is 510 g/mol. The Morgan fingerprint density at radius 3 is 1.77 bits per heavy atom. The maximum atomic E-state index is 13.8. The number of rotatable bonds is 5. The van der Waals surface area contributed by atoms with Crippen LogP contribution in [0.4, 0.5) is 11.4 Å². The zero-order chi connectivity index (χ0) is 27.7. The average Bonchev–Trinajstić information content (AvgIpc) is 3.24. The van der Waals surface area contributed by atoms with Gasteiger partial charge in [0.2, 0.25) is 0 Å². The highest BCUT2D eigenvalue weighted by Gasteiger charge is 2.41. The van der Waals surface area contributed by atoms with Crippen LogP contribution in [0.5, 0.6) is 0 Å². The van der Waals surface area contributed by atoms with Crippen molar-refractivity contribution >= 4 is 52.6 Å². The molecule has 7 nitrogen and oxygen atoms in total. The highest BCUT2D eigenvalue weighted by Crippen LogP contribution is 2.31. The van der Waals surface area contributed by atoms with Crippen LogP contribution in [0.15, 0.2) is 96.6 Å². The topological polar surface area (TPSA) is 71.8 Å². The van der Waals surface area contributed by atoms with Crippen molar-refractivity contribution in [2.24, 2.45) is 0 Å². The van der Waals surface area contributed by atoms with Gasteiger partial charge >= 0.3 is 5.97 Å². The Bertz CT molecular complexity index is 1560. The number of methoxy groups -OCH3 is 1. The summed E-state index contributed by atoms with van der Waals surface area (Å²) in [6, 6.07) is 27.1. The molecule has 2 amide bonds. The molecule has 0 saturated carbocycles. The quantitative estimate of drug-likeness (QED) is 0.143. The lowest BCUT2D eigenvalue weighted by Crippen LogP contribution is -2.56. The van der Waals surface area contributed by atoms with Gasteiger partial charge in [-0.25, -0.2) is 4.79 Å². The van der Waals surface area contributed by atoms with Gasteiger partial charge in [-0.3, -0.25) is 19.4 Å². The fraction of sp³-hybridized carbons (Fsp3) is 0.0968. The van der Waals surface area contributed by atoms with Crippen molar-refractivity contribution in [3.8, 4) is 5.69 Å². The molecule has 1 aliphatic rings. The normalized spacial score (nSPS) is 13.6. The molecule has 1 fully saturated rings. The molecular formula is C31H25N3O4S. The Morgan fingerprint density at radius 1 is 0.769 bits per heavy atom. The lowest BCUT2D eigenvalue weighted by atomic mass is 10.1. The number of nitrogens with zero attached hydrogens (tertiary/aromatic N) is 3. The molecule has 2 heterocycles. The first-order chi connectivity index (χ1) is 18.8. The molecule has 1 saturated heterocycles. The molecule has 8 heteroatoms. The van der Waals surface area contributed by atoms with Crippen LogP contribution in [-0.4, -0.2) is 34.6 Å². The fourth-order valence-electron chi connectivity index (χ4n) is 4.69. The third kappa shape index (κ3) is 4.66. The Kier molecular flexibility index (Phi) is 6.96. The van der Waals surface area contributed by atoms with E-state index in [-0.39, 0.29) is 10.7 Å². The summed E-state index contributed by atoms with van der Waals surface area (Å²) in [7, 11) is 1.34. The number of carbonyl (C=O) groups excluding carboxylic acids is 3. The number of hydrogen-bond donors (Lipinski definition) is 0. The van der Waals surface area contributed by atoms with Gasteiger partial charge in [0.15, 0.2) is 5.11 Å². The van der Waals surface area contributed by atoms with E-state index in [0.717, 1.165) is 22.6 Å². The smallest absolute Gasteiger partial charge is 0.337 e. The highest BCUT2D eigenvalue weighted by molar-refractivity contribution is 7.81. The number of benzene rings is 3. The Hall–Kier alpha value is -4.82. The fourth-order valence-corrected chi connectivity index (χ4v) is 5.07. The van der Waals surface area contributed by atoms with Gasteiger partial charge in [0.25, 0.3) is 11.8 Å². The number of aromatic nitrogens is 1. The number of aryl methyl sites for hydroxylation is 1. The summed E-state index contributed by atoms with van der Waals surface area (Å²) in [5.41, 5.74) is 4.87. The number of esters is 1. The average molecular weight is 536 g/mol. The van der Waals surface area contributed by atoms with Gasteiger partial charge in [0, 0.05) is 17.1 Å². The summed E-state index contributed by atoms with van der Waals surface area (Å²) < 4.78 is 6.79. The van der Waals surface area contributed by atoms with Crippen LogP contribution in [0.3, 0.4) is 0 Å². The number of thiocarbonyl (C=S) groups is 1. The predicted molar refractivity (Wildman–Crippen MR) is 155 cm³/mol. The van der Waals surface area contributed by atoms with Crippen molar-refractivity contribution in [1.29, 1.82) is 0 Å².